The van der Waals surface area contributed by atoms with Crippen molar-refractivity contribution in [2.75, 3.05) is 23.3 Å². The fourth-order valence-corrected chi connectivity index (χ4v) is 4.07. The molecule has 2 heterocycles. The van der Waals surface area contributed by atoms with Crippen molar-refractivity contribution < 1.29 is 0 Å². The van der Waals surface area contributed by atoms with Crippen molar-refractivity contribution in [3.05, 3.63) is 82.5 Å². The largest absolute Gasteiger partial charge is 0.354 e. The van der Waals surface area contributed by atoms with Gasteiger partial charge in [-0.3, -0.25) is 0 Å². The first kappa shape index (κ1) is 18.5. The van der Waals surface area contributed by atoms with Crippen LogP contribution in [0, 0.1) is 13.8 Å². The Kier molecular flexibility index (Phi) is 5.29. The maximum Gasteiger partial charge on any atom is 0.224 e. The van der Waals surface area contributed by atoms with E-state index in [0.717, 1.165) is 31.7 Å². The van der Waals surface area contributed by atoms with Crippen molar-refractivity contribution in [1.29, 1.82) is 0 Å². The number of aromatic nitrogens is 2. The Morgan fingerprint density at radius 3 is 2.82 bits per heavy atom. The number of aryl methyl sites for hydroxylation is 1. The molecule has 4 heteroatoms. The molecule has 4 rings (SSSR count). The average Bonchev–Trinajstić information content (AvgIpc) is 2.72. The third kappa shape index (κ3) is 3.72. The third-order valence-corrected chi connectivity index (χ3v) is 5.92. The quantitative estimate of drug-likeness (QED) is 0.694. The van der Waals surface area contributed by atoms with Crippen LogP contribution in [0.25, 0.3) is 0 Å². The van der Waals surface area contributed by atoms with Crippen molar-refractivity contribution in [3.63, 3.8) is 0 Å². The van der Waals surface area contributed by atoms with Crippen LogP contribution >= 0.6 is 0 Å². The molecule has 144 valence electrons. The number of anilines is 2. The lowest BCUT2D eigenvalue weighted by atomic mass is 9.94. The minimum Gasteiger partial charge on any atom is -0.354 e. The van der Waals surface area contributed by atoms with Gasteiger partial charge in [-0.15, -0.1) is 0 Å². The van der Waals surface area contributed by atoms with Gasteiger partial charge in [-0.1, -0.05) is 42.5 Å². The van der Waals surface area contributed by atoms with Crippen LogP contribution in [0.5, 0.6) is 0 Å². The normalized spacial score (nSPS) is 16.0. The first-order valence-electron chi connectivity index (χ1n) is 10.1. The summed E-state index contributed by atoms with van der Waals surface area (Å²) >= 11 is 0. The molecule has 1 N–H and O–H groups in total. The molecule has 28 heavy (non-hydrogen) atoms. The second-order valence-electron chi connectivity index (χ2n) is 7.59. The Balaban J connectivity index is 1.44. The molecule has 0 saturated heterocycles. The number of hydrogen-bond acceptors (Lipinski definition) is 4. The van der Waals surface area contributed by atoms with E-state index in [0.29, 0.717) is 12.0 Å². The van der Waals surface area contributed by atoms with E-state index in [9.17, 15) is 0 Å². The summed E-state index contributed by atoms with van der Waals surface area (Å²) < 4.78 is 0. The zero-order valence-electron chi connectivity index (χ0n) is 16.9. The monoisotopic (exact) mass is 372 g/mol. The Bertz CT molecular complexity index is 966. The van der Waals surface area contributed by atoms with Crippen LogP contribution in [0.15, 0.2) is 54.7 Å². The van der Waals surface area contributed by atoms with Gasteiger partial charge in [0.05, 0.1) is 6.04 Å². The molecule has 0 aliphatic carbocycles. The Hall–Kier alpha value is -2.88. The summed E-state index contributed by atoms with van der Waals surface area (Å²) in [4.78, 5) is 11.6. The van der Waals surface area contributed by atoms with Crippen molar-refractivity contribution in [2.45, 2.75) is 39.7 Å². The van der Waals surface area contributed by atoms with Crippen LogP contribution in [-0.2, 0) is 12.8 Å². The van der Waals surface area contributed by atoms with Gasteiger partial charge in [-0.2, -0.15) is 4.98 Å². The molecule has 0 saturated carbocycles. The smallest absolute Gasteiger partial charge is 0.224 e. The van der Waals surface area contributed by atoms with E-state index in [-0.39, 0.29) is 0 Å². The van der Waals surface area contributed by atoms with Crippen LogP contribution in [0.2, 0.25) is 0 Å². The fourth-order valence-electron chi connectivity index (χ4n) is 4.07. The summed E-state index contributed by atoms with van der Waals surface area (Å²) in [5, 5.41) is 3.40. The first-order chi connectivity index (χ1) is 13.6. The van der Waals surface area contributed by atoms with Crippen molar-refractivity contribution in [3.8, 4) is 0 Å². The SMILES string of the molecule is Cc1cccc(CCNc2nccc(N3CCc4ccccc4C3C)n2)c1C. The van der Waals surface area contributed by atoms with Gasteiger partial charge < -0.3 is 10.2 Å². The molecule has 0 fully saturated rings. The van der Waals surface area contributed by atoms with Crippen LogP contribution in [-0.4, -0.2) is 23.1 Å². The average molecular weight is 373 g/mol. The predicted octanol–water partition coefficient (Wildman–Crippen LogP) is 4.87. The molecule has 0 spiro atoms. The van der Waals surface area contributed by atoms with Crippen molar-refractivity contribution in [2.24, 2.45) is 0 Å². The molecule has 1 atom stereocenters. The van der Waals surface area contributed by atoms with E-state index in [1.165, 1.54) is 27.8 Å². The summed E-state index contributed by atoms with van der Waals surface area (Å²) in [5.41, 5.74) is 6.95. The van der Waals surface area contributed by atoms with Gasteiger partial charge in [0.1, 0.15) is 5.82 Å². The van der Waals surface area contributed by atoms with E-state index >= 15 is 0 Å². The lowest BCUT2D eigenvalue weighted by Gasteiger charge is -2.36. The molecular formula is C24H28N4. The molecular weight excluding hydrogens is 344 g/mol. The van der Waals surface area contributed by atoms with Gasteiger partial charge in [-0.05, 0) is 67.5 Å². The highest BCUT2D eigenvalue weighted by molar-refractivity contribution is 5.49. The predicted molar refractivity (Wildman–Crippen MR) is 116 cm³/mol. The molecule has 4 nitrogen and oxygen atoms in total. The van der Waals surface area contributed by atoms with Gasteiger partial charge >= 0.3 is 0 Å². The maximum absolute atomic E-state index is 4.79. The number of benzene rings is 2. The van der Waals surface area contributed by atoms with Crippen LogP contribution in [0.3, 0.4) is 0 Å². The van der Waals surface area contributed by atoms with Gasteiger partial charge in [0.25, 0.3) is 0 Å². The van der Waals surface area contributed by atoms with Crippen LogP contribution in [0.1, 0.15) is 40.8 Å². The number of nitrogens with one attached hydrogen (secondary N) is 1. The Morgan fingerprint density at radius 2 is 1.93 bits per heavy atom. The molecule has 1 aliphatic rings. The van der Waals surface area contributed by atoms with Crippen LogP contribution < -0.4 is 10.2 Å². The highest BCUT2D eigenvalue weighted by Gasteiger charge is 2.24. The van der Waals surface area contributed by atoms with E-state index < -0.39 is 0 Å². The summed E-state index contributed by atoms with van der Waals surface area (Å²) in [6.45, 7) is 8.42. The molecule has 2 aromatic carbocycles. The highest BCUT2D eigenvalue weighted by atomic mass is 15.2. The zero-order chi connectivity index (χ0) is 19.5. The molecule has 1 aliphatic heterocycles. The van der Waals surface area contributed by atoms with Gasteiger partial charge in [0.15, 0.2) is 0 Å². The number of nitrogens with zero attached hydrogens (tertiary/aromatic N) is 3. The number of fused-ring (bicyclic) bond motifs is 1. The van der Waals surface area contributed by atoms with Gasteiger partial charge in [-0.25, -0.2) is 4.98 Å². The van der Waals surface area contributed by atoms with Crippen LogP contribution in [0.4, 0.5) is 11.8 Å². The first-order valence-corrected chi connectivity index (χ1v) is 10.1. The maximum atomic E-state index is 4.79. The fraction of sp³-hybridized carbons (Fsp3) is 0.333. The Labute approximate surface area is 167 Å². The minimum atomic E-state index is 0.322. The Morgan fingerprint density at radius 1 is 1.07 bits per heavy atom. The number of rotatable bonds is 5. The van der Waals surface area contributed by atoms with Gasteiger partial charge in [0, 0.05) is 19.3 Å². The third-order valence-electron chi connectivity index (χ3n) is 5.92. The minimum absolute atomic E-state index is 0.322. The molecule has 0 amide bonds. The van der Waals surface area contributed by atoms with E-state index in [4.69, 9.17) is 4.98 Å². The second-order valence-corrected chi connectivity index (χ2v) is 7.59. The molecule has 1 aromatic heterocycles. The van der Waals surface area contributed by atoms with Crippen molar-refractivity contribution in [1.82, 2.24) is 9.97 Å². The standard InChI is InChI=1S/C24H28N4/c1-17-7-6-9-20(18(17)2)11-14-25-24-26-15-12-23(27-24)28-16-13-21-8-4-5-10-22(21)19(28)3/h4-10,12,15,19H,11,13-14,16H2,1-3H3,(H,25,26,27). The summed E-state index contributed by atoms with van der Waals surface area (Å²) in [7, 11) is 0. The van der Waals surface area contributed by atoms with Crippen molar-refractivity contribution >= 4 is 11.8 Å². The summed E-state index contributed by atoms with van der Waals surface area (Å²) in [6.07, 6.45) is 3.88. The topological polar surface area (TPSA) is 41.1 Å². The van der Waals surface area contributed by atoms with E-state index in [1.54, 1.807) is 0 Å². The van der Waals surface area contributed by atoms with E-state index in [2.05, 4.69) is 78.4 Å². The molecule has 0 radical (unpaired) electrons. The zero-order valence-corrected chi connectivity index (χ0v) is 16.9. The highest BCUT2D eigenvalue weighted by Crippen LogP contribution is 2.32. The molecule has 0 bridgehead atoms. The molecule has 3 aromatic rings. The summed E-state index contributed by atoms with van der Waals surface area (Å²) in [6, 6.07) is 17.6. The van der Waals surface area contributed by atoms with Gasteiger partial charge in [0.2, 0.25) is 5.95 Å². The number of hydrogen-bond donors (Lipinski definition) is 1. The van der Waals surface area contributed by atoms with E-state index in [1.807, 2.05) is 12.3 Å². The summed E-state index contributed by atoms with van der Waals surface area (Å²) in [5.74, 6) is 1.69. The lowest BCUT2D eigenvalue weighted by molar-refractivity contribution is 0.616. The lowest BCUT2D eigenvalue weighted by Crippen LogP contribution is -2.34. The second kappa shape index (κ2) is 8.01. The molecule has 1 unspecified atom stereocenters.